The molecule has 2 aromatic rings. The Hall–Kier alpha value is -1.85. The lowest BCUT2D eigenvalue weighted by molar-refractivity contribution is 0.212. The van der Waals surface area contributed by atoms with Crippen LogP contribution >= 0.6 is 0 Å². The fourth-order valence-corrected chi connectivity index (χ4v) is 2.15. The van der Waals surface area contributed by atoms with Crippen molar-refractivity contribution in [3.8, 4) is 0 Å². The molecule has 2 rings (SSSR count). The highest BCUT2D eigenvalue weighted by Crippen LogP contribution is 2.13. The quantitative estimate of drug-likeness (QED) is 0.852. The lowest BCUT2D eigenvalue weighted by atomic mass is 10.1. The fraction of sp³-hybridized carbons (Fsp3) is 0.312. The molecule has 21 heavy (non-hydrogen) atoms. The summed E-state index contributed by atoms with van der Waals surface area (Å²) in [5.41, 5.74) is 1.80. The van der Waals surface area contributed by atoms with Crippen LogP contribution in [0.25, 0.3) is 0 Å². The van der Waals surface area contributed by atoms with E-state index in [1.54, 1.807) is 18.5 Å². The number of benzene rings is 1. The Labute approximate surface area is 122 Å². The fourth-order valence-electron chi connectivity index (χ4n) is 2.15. The van der Waals surface area contributed by atoms with Crippen molar-refractivity contribution >= 4 is 0 Å². The molecule has 112 valence electrons. The van der Waals surface area contributed by atoms with Gasteiger partial charge >= 0.3 is 0 Å². The summed E-state index contributed by atoms with van der Waals surface area (Å²) >= 11 is 0. The van der Waals surface area contributed by atoms with E-state index >= 15 is 0 Å². The first-order valence-corrected chi connectivity index (χ1v) is 6.85. The third-order valence-corrected chi connectivity index (χ3v) is 3.18. The maximum Gasteiger partial charge on any atom is 0.159 e. The second-order valence-corrected chi connectivity index (χ2v) is 4.89. The predicted molar refractivity (Wildman–Crippen MR) is 76.4 cm³/mol. The Morgan fingerprint density at radius 1 is 0.952 bits per heavy atom. The molecule has 0 saturated carbocycles. The minimum atomic E-state index is -0.838. The first-order valence-electron chi connectivity index (χ1n) is 6.85. The van der Waals surface area contributed by atoms with Gasteiger partial charge in [-0.2, -0.15) is 0 Å². The largest absolute Gasteiger partial charge is 0.396 e. The van der Waals surface area contributed by atoms with Gasteiger partial charge in [0.1, 0.15) is 0 Å². The van der Waals surface area contributed by atoms with Gasteiger partial charge in [0.25, 0.3) is 0 Å². The normalized spacial score (nSPS) is 11.0. The van der Waals surface area contributed by atoms with Crippen LogP contribution in [-0.2, 0) is 13.1 Å². The summed E-state index contributed by atoms with van der Waals surface area (Å²) in [4.78, 5) is 6.05. The van der Waals surface area contributed by atoms with E-state index in [0.29, 0.717) is 31.6 Å². The van der Waals surface area contributed by atoms with Crippen molar-refractivity contribution in [3.05, 3.63) is 65.5 Å². The minimum absolute atomic E-state index is 0.102. The number of pyridine rings is 1. The van der Waals surface area contributed by atoms with Gasteiger partial charge in [0.2, 0.25) is 0 Å². The monoisotopic (exact) mass is 292 g/mol. The Morgan fingerprint density at radius 2 is 1.67 bits per heavy atom. The molecule has 0 bridgehead atoms. The highest BCUT2D eigenvalue weighted by Gasteiger charge is 2.09. The van der Waals surface area contributed by atoms with Crippen LogP contribution in [0.5, 0.6) is 0 Å². The average molecular weight is 292 g/mol. The number of aliphatic hydroxyl groups is 1. The molecule has 0 amide bonds. The summed E-state index contributed by atoms with van der Waals surface area (Å²) < 4.78 is 26.2. The summed E-state index contributed by atoms with van der Waals surface area (Å²) in [5.74, 6) is -1.67. The first-order chi connectivity index (χ1) is 10.2. The standard InChI is InChI=1S/C16H18F2N2O/c17-15-3-2-14(10-16(15)18)12-20(8-1-9-21)11-13-4-6-19-7-5-13/h2-7,10,21H,1,8-9,11-12H2. The van der Waals surface area contributed by atoms with Crippen LogP contribution in [0, 0.1) is 11.6 Å². The minimum Gasteiger partial charge on any atom is -0.396 e. The molecular formula is C16H18F2N2O. The number of hydrogen-bond acceptors (Lipinski definition) is 3. The third-order valence-electron chi connectivity index (χ3n) is 3.18. The molecule has 5 heteroatoms. The molecule has 0 saturated heterocycles. The average Bonchev–Trinajstić information content (AvgIpc) is 2.49. The maximum absolute atomic E-state index is 13.3. The lowest BCUT2D eigenvalue weighted by Gasteiger charge is -2.22. The highest BCUT2D eigenvalue weighted by atomic mass is 19.2. The van der Waals surface area contributed by atoms with Crippen LogP contribution in [0.4, 0.5) is 8.78 Å². The van der Waals surface area contributed by atoms with Crippen molar-refractivity contribution < 1.29 is 13.9 Å². The summed E-state index contributed by atoms with van der Waals surface area (Å²) in [7, 11) is 0. The second-order valence-electron chi connectivity index (χ2n) is 4.89. The Kier molecular flexibility index (Phi) is 5.78. The predicted octanol–water partition coefficient (Wildman–Crippen LogP) is 2.74. The zero-order valence-corrected chi connectivity index (χ0v) is 11.7. The van der Waals surface area contributed by atoms with Crippen LogP contribution in [-0.4, -0.2) is 28.1 Å². The summed E-state index contributed by atoms with van der Waals surface area (Å²) in [6.07, 6.45) is 4.07. The molecule has 0 unspecified atom stereocenters. The number of nitrogens with zero attached hydrogens (tertiary/aromatic N) is 2. The van der Waals surface area contributed by atoms with Gasteiger partial charge in [0.15, 0.2) is 11.6 Å². The van der Waals surface area contributed by atoms with Crippen LogP contribution in [0.1, 0.15) is 17.5 Å². The molecule has 0 radical (unpaired) electrons. The number of hydrogen-bond donors (Lipinski definition) is 1. The van der Waals surface area contributed by atoms with Crippen molar-refractivity contribution in [2.24, 2.45) is 0 Å². The summed E-state index contributed by atoms with van der Waals surface area (Å²) in [6.45, 7) is 1.95. The molecule has 1 aromatic heterocycles. The third kappa shape index (κ3) is 4.88. The van der Waals surface area contributed by atoms with Gasteiger partial charge in [-0.05, 0) is 41.8 Å². The number of aliphatic hydroxyl groups excluding tert-OH is 1. The molecule has 0 aliphatic carbocycles. The van der Waals surface area contributed by atoms with Gasteiger partial charge in [0, 0.05) is 38.6 Å². The molecule has 1 heterocycles. The van der Waals surface area contributed by atoms with Crippen LogP contribution < -0.4 is 0 Å². The molecular weight excluding hydrogens is 274 g/mol. The van der Waals surface area contributed by atoms with Gasteiger partial charge in [0.05, 0.1) is 0 Å². The smallest absolute Gasteiger partial charge is 0.159 e. The molecule has 1 aromatic carbocycles. The van der Waals surface area contributed by atoms with Crippen molar-refractivity contribution in [1.29, 1.82) is 0 Å². The molecule has 3 nitrogen and oxygen atoms in total. The Morgan fingerprint density at radius 3 is 2.33 bits per heavy atom. The number of rotatable bonds is 7. The molecule has 0 aliphatic rings. The van der Waals surface area contributed by atoms with Gasteiger partial charge in [-0.3, -0.25) is 9.88 Å². The van der Waals surface area contributed by atoms with E-state index in [4.69, 9.17) is 5.11 Å². The van der Waals surface area contributed by atoms with E-state index < -0.39 is 11.6 Å². The van der Waals surface area contributed by atoms with Gasteiger partial charge in [-0.1, -0.05) is 6.07 Å². The van der Waals surface area contributed by atoms with Crippen LogP contribution in [0.3, 0.4) is 0 Å². The van der Waals surface area contributed by atoms with E-state index in [1.807, 2.05) is 12.1 Å². The van der Waals surface area contributed by atoms with E-state index in [1.165, 1.54) is 6.07 Å². The number of halogens is 2. The second kappa shape index (κ2) is 7.81. The lowest BCUT2D eigenvalue weighted by Crippen LogP contribution is -2.24. The number of aromatic nitrogens is 1. The van der Waals surface area contributed by atoms with Gasteiger partial charge in [-0.15, -0.1) is 0 Å². The topological polar surface area (TPSA) is 36.4 Å². The van der Waals surface area contributed by atoms with Gasteiger partial charge < -0.3 is 5.11 Å². The summed E-state index contributed by atoms with van der Waals surface area (Å²) in [5, 5.41) is 8.98. The maximum atomic E-state index is 13.3. The zero-order chi connectivity index (χ0) is 15.1. The highest BCUT2D eigenvalue weighted by molar-refractivity contribution is 5.18. The van der Waals surface area contributed by atoms with Crippen molar-refractivity contribution in [3.63, 3.8) is 0 Å². The molecule has 0 fully saturated rings. The van der Waals surface area contributed by atoms with E-state index in [2.05, 4.69) is 9.88 Å². The van der Waals surface area contributed by atoms with E-state index in [0.717, 1.165) is 11.6 Å². The first kappa shape index (κ1) is 15.5. The SMILES string of the molecule is OCCCN(Cc1ccncc1)Cc1ccc(F)c(F)c1. The Balaban J connectivity index is 2.06. The molecule has 0 spiro atoms. The molecule has 1 N–H and O–H groups in total. The zero-order valence-electron chi connectivity index (χ0n) is 11.7. The summed E-state index contributed by atoms with van der Waals surface area (Å²) in [6, 6.07) is 7.76. The Bertz CT molecular complexity index is 563. The van der Waals surface area contributed by atoms with E-state index in [-0.39, 0.29) is 6.61 Å². The van der Waals surface area contributed by atoms with E-state index in [9.17, 15) is 8.78 Å². The van der Waals surface area contributed by atoms with Crippen molar-refractivity contribution in [2.75, 3.05) is 13.2 Å². The molecule has 0 atom stereocenters. The van der Waals surface area contributed by atoms with Crippen molar-refractivity contribution in [1.82, 2.24) is 9.88 Å². The van der Waals surface area contributed by atoms with Crippen LogP contribution in [0.2, 0.25) is 0 Å². The van der Waals surface area contributed by atoms with Crippen molar-refractivity contribution in [2.45, 2.75) is 19.5 Å². The molecule has 0 aliphatic heterocycles. The van der Waals surface area contributed by atoms with Gasteiger partial charge in [-0.25, -0.2) is 8.78 Å². The van der Waals surface area contributed by atoms with Crippen LogP contribution in [0.15, 0.2) is 42.7 Å².